The number of nitrogens with zero attached hydrogens (tertiary/aromatic N) is 1. The Morgan fingerprint density at radius 1 is 0.966 bits per heavy atom. The molecule has 2 aliphatic rings. The van der Waals surface area contributed by atoms with E-state index in [9.17, 15) is 9.59 Å². The minimum Gasteiger partial charge on any atom is -0.319 e. The number of amides is 3. The fraction of sp³-hybridized carbons (Fsp3) is 0.250. The van der Waals surface area contributed by atoms with E-state index < -0.39 is 5.54 Å². The van der Waals surface area contributed by atoms with Gasteiger partial charge < -0.3 is 10.2 Å². The third-order valence-electron chi connectivity index (χ3n) is 6.29. The predicted molar refractivity (Wildman–Crippen MR) is 111 cm³/mol. The first-order valence-corrected chi connectivity index (χ1v) is 10.1. The standard InChI is InChI=1S/C24H23N3O2/c1-24(21-11-10-17-6-2-4-8-19(17)14-21)22(28)27(23(29)25-24)16-26-13-12-18-7-3-5-9-20(18)15-26/h2-11,14H,12-13,15-16H2,1H3,(H,25,29)/p+1/t24-/m0/s1. The number of carbonyl (C=O) groups is 2. The molecule has 29 heavy (non-hydrogen) atoms. The second-order valence-corrected chi connectivity index (χ2v) is 8.20. The van der Waals surface area contributed by atoms with E-state index in [0.29, 0.717) is 6.67 Å². The lowest BCUT2D eigenvalue weighted by atomic mass is 9.90. The zero-order chi connectivity index (χ0) is 20.0. The van der Waals surface area contributed by atoms with E-state index in [0.717, 1.165) is 35.8 Å². The third-order valence-corrected chi connectivity index (χ3v) is 6.29. The van der Waals surface area contributed by atoms with E-state index in [2.05, 4.69) is 23.5 Å². The zero-order valence-corrected chi connectivity index (χ0v) is 16.4. The van der Waals surface area contributed by atoms with Crippen molar-refractivity contribution in [2.75, 3.05) is 13.2 Å². The lowest BCUT2D eigenvalue weighted by molar-refractivity contribution is -0.923. The van der Waals surface area contributed by atoms with Crippen molar-refractivity contribution < 1.29 is 14.5 Å². The van der Waals surface area contributed by atoms with Crippen molar-refractivity contribution in [2.45, 2.75) is 25.4 Å². The summed E-state index contributed by atoms with van der Waals surface area (Å²) in [6.45, 7) is 3.95. The molecule has 3 aromatic rings. The third kappa shape index (κ3) is 2.98. The van der Waals surface area contributed by atoms with Gasteiger partial charge in [-0.15, -0.1) is 0 Å². The summed E-state index contributed by atoms with van der Waals surface area (Å²) >= 11 is 0. The number of nitrogens with one attached hydrogen (secondary N) is 2. The van der Waals surface area contributed by atoms with Gasteiger partial charge in [-0.1, -0.05) is 60.7 Å². The molecular formula is C24H24N3O2+. The number of carbonyl (C=O) groups excluding carboxylic acids is 2. The summed E-state index contributed by atoms with van der Waals surface area (Å²) in [7, 11) is 0. The van der Waals surface area contributed by atoms with Gasteiger partial charge in [0.1, 0.15) is 12.1 Å². The molecule has 2 heterocycles. The highest BCUT2D eigenvalue weighted by Crippen LogP contribution is 2.30. The maximum absolute atomic E-state index is 13.3. The Bertz CT molecular complexity index is 1130. The Balaban J connectivity index is 1.39. The molecule has 5 rings (SSSR count). The minimum absolute atomic E-state index is 0.177. The average molecular weight is 386 g/mol. The highest BCUT2D eigenvalue weighted by atomic mass is 16.2. The number of benzene rings is 3. The van der Waals surface area contributed by atoms with Gasteiger partial charge in [-0.05, 0) is 34.9 Å². The summed E-state index contributed by atoms with van der Waals surface area (Å²) in [5.74, 6) is -0.177. The Labute approximate surface area is 169 Å². The molecule has 1 unspecified atom stereocenters. The molecule has 0 aliphatic carbocycles. The molecule has 0 radical (unpaired) electrons. The van der Waals surface area contributed by atoms with E-state index in [1.807, 2.05) is 48.5 Å². The summed E-state index contributed by atoms with van der Waals surface area (Å²) in [6.07, 6.45) is 0.969. The number of imide groups is 1. The smallest absolute Gasteiger partial charge is 0.319 e. The molecule has 3 aromatic carbocycles. The summed E-state index contributed by atoms with van der Waals surface area (Å²) in [5, 5.41) is 5.12. The highest BCUT2D eigenvalue weighted by Gasteiger charge is 2.50. The molecule has 0 bridgehead atoms. The first kappa shape index (κ1) is 17.9. The van der Waals surface area contributed by atoms with Gasteiger partial charge in [0.15, 0.2) is 6.67 Å². The van der Waals surface area contributed by atoms with Crippen LogP contribution in [0.3, 0.4) is 0 Å². The maximum Gasteiger partial charge on any atom is 0.329 e. The Hall–Kier alpha value is -3.18. The molecule has 2 atom stereocenters. The maximum atomic E-state index is 13.3. The zero-order valence-electron chi connectivity index (χ0n) is 16.4. The first-order chi connectivity index (χ1) is 14.0. The molecular weight excluding hydrogens is 362 g/mol. The number of hydrogen-bond acceptors (Lipinski definition) is 2. The van der Waals surface area contributed by atoms with Gasteiger partial charge in [0, 0.05) is 12.0 Å². The Morgan fingerprint density at radius 2 is 1.69 bits per heavy atom. The number of urea groups is 1. The topological polar surface area (TPSA) is 53.9 Å². The van der Waals surface area contributed by atoms with Crippen LogP contribution in [0.4, 0.5) is 4.79 Å². The fourth-order valence-corrected chi connectivity index (χ4v) is 4.54. The largest absolute Gasteiger partial charge is 0.329 e. The van der Waals surface area contributed by atoms with E-state index in [-0.39, 0.29) is 11.9 Å². The van der Waals surface area contributed by atoms with Crippen LogP contribution in [0.1, 0.15) is 23.6 Å². The van der Waals surface area contributed by atoms with E-state index in [1.165, 1.54) is 20.9 Å². The van der Waals surface area contributed by atoms with Gasteiger partial charge in [-0.2, -0.15) is 0 Å². The number of fused-ring (bicyclic) bond motifs is 2. The van der Waals surface area contributed by atoms with Crippen molar-refractivity contribution in [1.82, 2.24) is 10.2 Å². The van der Waals surface area contributed by atoms with Crippen molar-refractivity contribution >= 4 is 22.7 Å². The second-order valence-electron chi connectivity index (χ2n) is 8.20. The van der Waals surface area contributed by atoms with Crippen molar-refractivity contribution in [3.63, 3.8) is 0 Å². The summed E-state index contributed by atoms with van der Waals surface area (Å²) < 4.78 is 0. The van der Waals surface area contributed by atoms with Crippen molar-refractivity contribution in [2.24, 2.45) is 0 Å². The molecule has 0 spiro atoms. The van der Waals surface area contributed by atoms with Gasteiger partial charge in [-0.25, -0.2) is 9.69 Å². The molecule has 5 nitrogen and oxygen atoms in total. The molecule has 0 aromatic heterocycles. The van der Waals surface area contributed by atoms with Crippen molar-refractivity contribution in [3.8, 4) is 0 Å². The molecule has 5 heteroatoms. The average Bonchev–Trinajstić information content (AvgIpc) is 2.97. The number of hydrogen-bond donors (Lipinski definition) is 2. The predicted octanol–water partition coefficient (Wildman–Crippen LogP) is 2.21. The molecule has 1 saturated heterocycles. The van der Waals surface area contributed by atoms with Gasteiger partial charge in [0.05, 0.1) is 6.54 Å². The van der Waals surface area contributed by atoms with E-state index in [1.54, 1.807) is 6.92 Å². The van der Waals surface area contributed by atoms with Crippen LogP contribution in [-0.2, 0) is 23.3 Å². The van der Waals surface area contributed by atoms with Crippen molar-refractivity contribution in [1.29, 1.82) is 0 Å². The Kier molecular flexibility index (Phi) is 4.14. The van der Waals surface area contributed by atoms with E-state index in [4.69, 9.17) is 0 Å². The van der Waals surface area contributed by atoms with Crippen LogP contribution in [-0.4, -0.2) is 30.1 Å². The monoisotopic (exact) mass is 386 g/mol. The SMILES string of the molecule is C[C@@]1(c2ccc3ccccc3c2)NC(=O)N(C[NH+]2CCc3ccccc3C2)C1=O. The lowest BCUT2D eigenvalue weighted by Crippen LogP contribution is -3.13. The number of quaternary nitrogens is 1. The summed E-state index contributed by atoms with van der Waals surface area (Å²) in [4.78, 5) is 28.7. The van der Waals surface area contributed by atoms with Gasteiger partial charge in [0.2, 0.25) is 0 Å². The first-order valence-electron chi connectivity index (χ1n) is 10.1. The van der Waals surface area contributed by atoms with E-state index >= 15 is 0 Å². The van der Waals surface area contributed by atoms with Crippen molar-refractivity contribution in [3.05, 3.63) is 83.4 Å². The highest BCUT2D eigenvalue weighted by molar-refractivity contribution is 6.07. The van der Waals surface area contributed by atoms with Crippen LogP contribution >= 0.6 is 0 Å². The number of rotatable bonds is 3. The van der Waals surface area contributed by atoms with Crippen LogP contribution in [0.15, 0.2) is 66.7 Å². The van der Waals surface area contributed by atoms with Gasteiger partial charge in [0.25, 0.3) is 5.91 Å². The van der Waals surface area contributed by atoms with Gasteiger partial charge in [-0.3, -0.25) is 4.79 Å². The molecule has 1 fully saturated rings. The van der Waals surface area contributed by atoms with Crippen LogP contribution < -0.4 is 10.2 Å². The Morgan fingerprint density at radius 3 is 2.52 bits per heavy atom. The van der Waals surface area contributed by atoms with Crippen LogP contribution in [0, 0.1) is 0 Å². The summed E-state index contributed by atoms with van der Waals surface area (Å²) in [5.41, 5.74) is 2.46. The fourth-order valence-electron chi connectivity index (χ4n) is 4.54. The van der Waals surface area contributed by atoms with Gasteiger partial charge >= 0.3 is 6.03 Å². The molecule has 2 aliphatic heterocycles. The quantitative estimate of drug-likeness (QED) is 0.678. The van der Waals surface area contributed by atoms with Crippen LogP contribution in [0.25, 0.3) is 10.8 Å². The molecule has 2 N–H and O–H groups in total. The molecule has 146 valence electrons. The second kappa shape index (κ2) is 6.71. The minimum atomic E-state index is -1.03. The normalized spacial score (nSPS) is 23.9. The van der Waals surface area contributed by atoms with Crippen LogP contribution in [0.5, 0.6) is 0 Å². The lowest BCUT2D eigenvalue weighted by Gasteiger charge is -2.28. The molecule has 3 amide bonds. The van der Waals surface area contributed by atoms with Crippen LogP contribution in [0.2, 0.25) is 0 Å². The molecule has 0 saturated carbocycles. The summed E-state index contributed by atoms with van der Waals surface area (Å²) in [6, 6.07) is 22.1.